The summed E-state index contributed by atoms with van der Waals surface area (Å²) in [4.78, 5) is 10.6. The molecule has 0 unspecified atom stereocenters. The number of methoxy groups -OCH3 is 2. The normalized spacial score (nSPS) is 12.3. The van der Waals surface area contributed by atoms with Gasteiger partial charge in [-0.1, -0.05) is 11.6 Å². The van der Waals surface area contributed by atoms with E-state index in [4.69, 9.17) is 30.5 Å². The molecule has 148 valence electrons. The third-order valence-electron chi connectivity index (χ3n) is 3.87. The Labute approximate surface area is 161 Å². The molecule has 7 heteroatoms. The number of anilines is 1. The average molecular weight is 388 g/mol. The van der Waals surface area contributed by atoms with E-state index in [9.17, 15) is 4.79 Å². The van der Waals surface area contributed by atoms with Gasteiger partial charge in [-0.3, -0.25) is 4.79 Å². The minimum Gasteiger partial charge on any atom is -0.488 e. The summed E-state index contributed by atoms with van der Waals surface area (Å²) in [5, 5.41) is 3.06. The first kappa shape index (κ1) is 22.7. The van der Waals surface area contributed by atoms with Crippen molar-refractivity contribution in [1.29, 1.82) is 0 Å². The van der Waals surface area contributed by atoms with Crippen molar-refractivity contribution < 1.29 is 23.7 Å². The van der Waals surface area contributed by atoms with Gasteiger partial charge in [0.25, 0.3) is 0 Å². The fourth-order valence-electron chi connectivity index (χ4n) is 2.44. The van der Waals surface area contributed by atoms with E-state index >= 15 is 0 Å². The highest BCUT2D eigenvalue weighted by Crippen LogP contribution is 2.29. The molecule has 0 spiro atoms. The molecule has 0 radical (unpaired) electrons. The highest BCUT2D eigenvalue weighted by Gasteiger charge is 2.26. The fourth-order valence-corrected chi connectivity index (χ4v) is 2.66. The van der Waals surface area contributed by atoms with Gasteiger partial charge in [-0.15, -0.1) is 0 Å². The number of nitrogens with one attached hydrogen (secondary N) is 1. The summed E-state index contributed by atoms with van der Waals surface area (Å²) in [6, 6.07) is 5.10. The van der Waals surface area contributed by atoms with Crippen LogP contribution < -0.4 is 10.1 Å². The van der Waals surface area contributed by atoms with Crippen LogP contribution in [-0.4, -0.2) is 44.7 Å². The first-order valence-corrected chi connectivity index (χ1v) is 8.88. The Hall–Kier alpha value is -1.34. The molecule has 0 fully saturated rings. The molecule has 1 amide bonds. The second-order valence-electron chi connectivity index (χ2n) is 7.26. The van der Waals surface area contributed by atoms with Crippen LogP contribution in [-0.2, 0) is 19.0 Å². The molecule has 0 heterocycles. The molecule has 0 saturated carbocycles. The highest BCUT2D eigenvalue weighted by atomic mass is 35.5. The van der Waals surface area contributed by atoms with Crippen molar-refractivity contribution >= 4 is 23.7 Å². The standard InChI is InChI=1S/C19H30ClNO5/c1-18(2,7-8-25-19(3,4)12-17(23-5)24-6)26-16-10-14(20)9-15(11-16)21-13-22/h9-11,13,17H,7-8,12H2,1-6H3,(H,21,22). The summed E-state index contributed by atoms with van der Waals surface area (Å²) in [7, 11) is 3.22. The molecule has 26 heavy (non-hydrogen) atoms. The largest absolute Gasteiger partial charge is 0.488 e. The van der Waals surface area contributed by atoms with Crippen molar-refractivity contribution in [2.45, 2.75) is 58.0 Å². The maximum absolute atomic E-state index is 10.6. The number of hydrogen-bond donors (Lipinski definition) is 1. The monoisotopic (exact) mass is 387 g/mol. The number of halogens is 1. The van der Waals surface area contributed by atoms with E-state index in [1.54, 1.807) is 32.4 Å². The lowest BCUT2D eigenvalue weighted by molar-refractivity contribution is -0.152. The van der Waals surface area contributed by atoms with Crippen LogP contribution in [0.15, 0.2) is 18.2 Å². The summed E-state index contributed by atoms with van der Waals surface area (Å²) in [5.74, 6) is 0.588. The number of ether oxygens (including phenoxy) is 4. The maximum atomic E-state index is 10.6. The molecule has 1 N–H and O–H groups in total. The maximum Gasteiger partial charge on any atom is 0.211 e. The van der Waals surface area contributed by atoms with Gasteiger partial charge in [0, 0.05) is 43.8 Å². The van der Waals surface area contributed by atoms with E-state index in [2.05, 4.69) is 5.32 Å². The van der Waals surface area contributed by atoms with Gasteiger partial charge >= 0.3 is 0 Å². The molecule has 0 aromatic heterocycles. The van der Waals surface area contributed by atoms with Gasteiger partial charge in [-0.05, 0) is 39.8 Å². The SMILES string of the molecule is COC(CC(C)(C)OCCC(C)(C)Oc1cc(Cl)cc(NC=O)c1)OC. The molecule has 0 aliphatic heterocycles. The van der Waals surface area contributed by atoms with Crippen LogP contribution in [0.3, 0.4) is 0 Å². The Kier molecular flexibility index (Phi) is 8.83. The number of carbonyl (C=O) groups excluding carboxylic acids is 1. The summed E-state index contributed by atoms with van der Waals surface area (Å²) in [6.45, 7) is 8.47. The zero-order valence-electron chi connectivity index (χ0n) is 16.4. The Balaban J connectivity index is 2.60. The number of amides is 1. The van der Waals surface area contributed by atoms with Crippen LogP contribution in [0.4, 0.5) is 5.69 Å². The van der Waals surface area contributed by atoms with Crippen molar-refractivity contribution in [2.75, 3.05) is 26.1 Å². The summed E-state index contributed by atoms with van der Waals surface area (Å²) in [6.07, 6.45) is 1.59. The number of carbonyl (C=O) groups is 1. The van der Waals surface area contributed by atoms with Crippen molar-refractivity contribution in [3.8, 4) is 5.75 Å². The zero-order chi connectivity index (χ0) is 19.8. The third-order valence-corrected chi connectivity index (χ3v) is 4.09. The number of benzene rings is 1. The first-order chi connectivity index (χ1) is 12.1. The molecule has 1 rings (SSSR count). The molecular formula is C19H30ClNO5. The highest BCUT2D eigenvalue weighted by molar-refractivity contribution is 6.31. The second-order valence-corrected chi connectivity index (χ2v) is 7.70. The Morgan fingerprint density at radius 2 is 1.77 bits per heavy atom. The van der Waals surface area contributed by atoms with E-state index in [1.807, 2.05) is 27.7 Å². The van der Waals surface area contributed by atoms with Gasteiger partial charge in [0.1, 0.15) is 11.4 Å². The van der Waals surface area contributed by atoms with Crippen LogP contribution in [0.5, 0.6) is 5.75 Å². The lowest BCUT2D eigenvalue weighted by Crippen LogP contribution is -2.35. The summed E-state index contributed by atoms with van der Waals surface area (Å²) < 4.78 is 22.5. The quantitative estimate of drug-likeness (QED) is 0.428. The summed E-state index contributed by atoms with van der Waals surface area (Å²) >= 11 is 6.07. The van der Waals surface area contributed by atoms with Crippen molar-refractivity contribution in [2.24, 2.45) is 0 Å². The van der Waals surface area contributed by atoms with Gasteiger partial charge in [-0.25, -0.2) is 0 Å². The van der Waals surface area contributed by atoms with E-state index in [1.165, 1.54) is 0 Å². The molecular weight excluding hydrogens is 358 g/mol. The van der Waals surface area contributed by atoms with Gasteiger partial charge in [0.2, 0.25) is 6.41 Å². The lowest BCUT2D eigenvalue weighted by atomic mass is 10.0. The average Bonchev–Trinajstić information content (AvgIpc) is 2.51. The summed E-state index contributed by atoms with van der Waals surface area (Å²) in [5.41, 5.74) is -0.272. The predicted molar refractivity (Wildman–Crippen MR) is 103 cm³/mol. The van der Waals surface area contributed by atoms with Crippen molar-refractivity contribution in [1.82, 2.24) is 0 Å². The van der Waals surface area contributed by atoms with Gasteiger partial charge in [0.05, 0.1) is 12.2 Å². The second kappa shape index (κ2) is 10.1. The molecule has 0 atom stereocenters. The van der Waals surface area contributed by atoms with E-state index in [0.29, 0.717) is 42.3 Å². The molecule has 6 nitrogen and oxygen atoms in total. The lowest BCUT2D eigenvalue weighted by Gasteiger charge is -2.31. The fraction of sp³-hybridized carbons (Fsp3) is 0.632. The van der Waals surface area contributed by atoms with Crippen molar-refractivity contribution in [3.63, 3.8) is 0 Å². The Morgan fingerprint density at radius 3 is 2.35 bits per heavy atom. The van der Waals surface area contributed by atoms with Crippen LogP contribution in [0.25, 0.3) is 0 Å². The molecule has 1 aromatic carbocycles. The van der Waals surface area contributed by atoms with Crippen LogP contribution in [0.2, 0.25) is 5.02 Å². The van der Waals surface area contributed by atoms with Crippen LogP contribution >= 0.6 is 11.6 Å². The number of hydrogen-bond acceptors (Lipinski definition) is 5. The van der Waals surface area contributed by atoms with Crippen molar-refractivity contribution in [3.05, 3.63) is 23.2 Å². The van der Waals surface area contributed by atoms with Gasteiger partial charge in [-0.2, -0.15) is 0 Å². The van der Waals surface area contributed by atoms with Crippen LogP contribution in [0.1, 0.15) is 40.5 Å². The minimum atomic E-state index is -0.471. The topological polar surface area (TPSA) is 66.0 Å². The van der Waals surface area contributed by atoms with E-state index < -0.39 is 5.60 Å². The van der Waals surface area contributed by atoms with Gasteiger partial charge < -0.3 is 24.3 Å². The molecule has 1 aromatic rings. The third kappa shape index (κ3) is 8.36. The minimum absolute atomic E-state index is 0.301. The van der Waals surface area contributed by atoms with E-state index in [-0.39, 0.29) is 11.9 Å². The molecule has 0 aliphatic carbocycles. The predicted octanol–water partition coefficient (Wildman–Crippen LogP) is 4.26. The molecule has 0 bridgehead atoms. The smallest absolute Gasteiger partial charge is 0.211 e. The number of rotatable bonds is 12. The van der Waals surface area contributed by atoms with Gasteiger partial charge in [0.15, 0.2) is 6.29 Å². The molecule has 0 aliphatic rings. The first-order valence-electron chi connectivity index (χ1n) is 8.50. The van der Waals surface area contributed by atoms with E-state index in [0.717, 1.165) is 0 Å². The molecule has 0 saturated heterocycles. The van der Waals surface area contributed by atoms with Crippen LogP contribution in [0, 0.1) is 0 Å². The Bertz CT molecular complexity index is 573. The Morgan fingerprint density at radius 1 is 1.12 bits per heavy atom. The zero-order valence-corrected chi connectivity index (χ0v) is 17.2.